The Balaban J connectivity index is 1.76. The minimum absolute atomic E-state index is 0.0560. The number of ether oxygens (including phenoxy) is 1. The Hall–Kier alpha value is -2.14. The number of hydrogen-bond donors (Lipinski definition) is 0. The molecule has 1 amide bonds. The lowest BCUT2D eigenvalue weighted by Gasteiger charge is -2.36. The highest BCUT2D eigenvalue weighted by molar-refractivity contribution is 5.94. The number of nitrogens with zero attached hydrogens (tertiary/aromatic N) is 3. The summed E-state index contributed by atoms with van der Waals surface area (Å²) in [5, 5.41) is 0. The van der Waals surface area contributed by atoms with Gasteiger partial charge in [0.25, 0.3) is 5.91 Å². The van der Waals surface area contributed by atoms with Gasteiger partial charge < -0.3 is 14.2 Å². The van der Waals surface area contributed by atoms with Gasteiger partial charge in [-0.25, -0.2) is 4.98 Å². The monoisotopic (exact) mass is 353 g/mol. The van der Waals surface area contributed by atoms with Gasteiger partial charge in [-0.3, -0.25) is 4.79 Å². The Labute approximate surface area is 155 Å². The molecule has 4 rings (SSSR count). The molecule has 0 bridgehead atoms. The fraction of sp³-hybridized carbons (Fsp3) is 0.524. The summed E-state index contributed by atoms with van der Waals surface area (Å²) in [5.41, 5.74) is 2.84. The minimum Gasteiger partial charge on any atom is -0.375 e. The molecule has 1 saturated heterocycles. The molecule has 0 spiro atoms. The van der Waals surface area contributed by atoms with Crippen molar-refractivity contribution in [2.45, 2.75) is 58.2 Å². The number of carbonyl (C=O) groups excluding carboxylic acids is 1. The van der Waals surface area contributed by atoms with Crippen molar-refractivity contribution >= 4 is 5.91 Å². The third-order valence-electron chi connectivity index (χ3n) is 5.47. The smallest absolute Gasteiger partial charge is 0.274 e. The molecule has 3 heterocycles. The predicted molar refractivity (Wildman–Crippen MR) is 101 cm³/mol. The number of hydrogen-bond acceptors (Lipinski definition) is 3. The van der Waals surface area contributed by atoms with Gasteiger partial charge in [-0.15, -0.1) is 0 Å². The van der Waals surface area contributed by atoms with Gasteiger partial charge in [0, 0.05) is 18.7 Å². The van der Waals surface area contributed by atoms with E-state index in [1.165, 1.54) is 6.42 Å². The molecule has 5 nitrogen and oxygen atoms in total. The van der Waals surface area contributed by atoms with Gasteiger partial charge in [-0.1, -0.05) is 36.8 Å². The van der Waals surface area contributed by atoms with Crippen LogP contribution in [0.5, 0.6) is 0 Å². The average molecular weight is 353 g/mol. The summed E-state index contributed by atoms with van der Waals surface area (Å²) in [5.74, 6) is 0.986. The van der Waals surface area contributed by atoms with E-state index < -0.39 is 0 Å². The lowest BCUT2D eigenvalue weighted by Crippen LogP contribution is -2.50. The maximum atomic E-state index is 13.4. The number of carbonyl (C=O) groups is 1. The quantitative estimate of drug-likeness (QED) is 0.830. The number of morpholine rings is 1. The Morgan fingerprint density at radius 1 is 1.15 bits per heavy atom. The first-order chi connectivity index (χ1) is 12.6. The molecule has 2 aliphatic heterocycles. The molecule has 2 aliphatic rings. The topological polar surface area (TPSA) is 47.4 Å². The number of imidazole rings is 1. The second-order valence-electron chi connectivity index (χ2n) is 7.51. The van der Waals surface area contributed by atoms with E-state index >= 15 is 0 Å². The van der Waals surface area contributed by atoms with E-state index in [2.05, 4.69) is 23.6 Å². The Morgan fingerprint density at radius 3 is 2.77 bits per heavy atom. The highest BCUT2D eigenvalue weighted by Crippen LogP contribution is 2.28. The third kappa shape index (κ3) is 3.16. The zero-order valence-corrected chi connectivity index (χ0v) is 15.6. The summed E-state index contributed by atoms with van der Waals surface area (Å²) in [6, 6.07) is 10.3. The van der Waals surface area contributed by atoms with E-state index in [0.717, 1.165) is 42.9 Å². The second-order valence-corrected chi connectivity index (χ2v) is 7.51. The molecule has 1 aromatic carbocycles. The molecule has 5 heteroatoms. The first-order valence-corrected chi connectivity index (χ1v) is 9.72. The van der Waals surface area contributed by atoms with Crippen molar-refractivity contribution in [3.8, 4) is 11.4 Å². The van der Waals surface area contributed by atoms with Gasteiger partial charge in [-0.2, -0.15) is 0 Å². The number of benzene rings is 1. The minimum atomic E-state index is 0.0560. The first kappa shape index (κ1) is 17.3. The number of fused-ring (bicyclic) bond motifs is 1. The molecule has 0 aliphatic carbocycles. The predicted octanol–water partition coefficient (Wildman–Crippen LogP) is 3.53. The average Bonchev–Trinajstić information content (AvgIpc) is 2.85. The van der Waals surface area contributed by atoms with Gasteiger partial charge in [0.2, 0.25) is 0 Å². The molecule has 1 aromatic heterocycles. The van der Waals surface area contributed by atoms with Crippen molar-refractivity contribution in [1.82, 2.24) is 14.5 Å². The molecular formula is C21H27N3O2. The van der Waals surface area contributed by atoms with Crippen molar-refractivity contribution in [2.75, 3.05) is 13.2 Å². The van der Waals surface area contributed by atoms with E-state index in [9.17, 15) is 4.79 Å². The maximum Gasteiger partial charge on any atom is 0.274 e. The summed E-state index contributed by atoms with van der Waals surface area (Å²) < 4.78 is 7.98. The molecule has 2 aromatic rings. The standard InChI is InChI=1S/C21H27N3O2/c1-15-14-26-16(2)13-24(15)21(25)19-18-11-7-4-8-12-23(18)20(22-19)17-9-5-3-6-10-17/h3,5-6,9-10,15-16H,4,7-8,11-14H2,1-2H3. The molecule has 1 fully saturated rings. The van der Waals surface area contributed by atoms with Crippen molar-refractivity contribution in [1.29, 1.82) is 0 Å². The van der Waals surface area contributed by atoms with Gasteiger partial charge >= 0.3 is 0 Å². The molecular weight excluding hydrogens is 326 g/mol. The van der Waals surface area contributed by atoms with Crippen LogP contribution in [0.15, 0.2) is 30.3 Å². The van der Waals surface area contributed by atoms with Crippen molar-refractivity contribution in [3.05, 3.63) is 41.7 Å². The van der Waals surface area contributed by atoms with E-state index in [1.807, 2.05) is 30.0 Å². The van der Waals surface area contributed by atoms with Gasteiger partial charge in [0.1, 0.15) is 11.5 Å². The van der Waals surface area contributed by atoms with Gasteiger partial charge in [-0.05, 0) is 33.1 Å². The van der Waals surface area contributed by atoms with Crippen LogP contribution in [0.4, 0.5) is 0 Å². The molecule has 0 radical (unpaired) electrons. The number of amides is 1. The van der Waals surface area contributed by atoms with Crippen LogP contribution >= 0.6 is 0 Å². The van der Waals surface area contributed by atoms with Crippen LogP contribution in [-0.4, -0.2) is 45.7 Å². The van der Waals surface area contributed by atoms with Gasteiger partial charge in [0.05, 0.1) is 24.4 Å². The molecule has 0 saturated carbocycles. The SMILES string of the molecule is CC1CN(C(=O)c2nc(-c3ccccc3)n3c2CCCCC3)C(C)CO1. The largest absolute Gasteiger partial charge is 0.375 e. The molecule has 138 valence electrons. The summed E-state index contributed by atoms with van der Waals surface area (Å²) in [6.45, 7) is 6.24. The van der Waals surface area contributed by atoms with Crippen LogP contribution < -0.4 is 0 Å². The zero-order chi connectivity index (χ0) is 18.1. The van der Waals surface area contributed by atoms with Gasteiger partial charge in [0.15, 0.2) is 0 Å². The Bertz CT molecular complexity index is 784. The second kappa shape index (κ2) is 7.23. The van der Waals surface area contributed by atoms with Crippen LogP contribution in [-0.2, 0) is 17.7 Å². The summed E-state index contributed by atoms with van der Waals surface area (Å²) in [7, 11) is 0. The zero-order valence-electron chi connectivity index (χ0n) is 15.6. The number of aromatic nitrogens is 2. The van der Waals surface area contributed by atoms with Crippen LogP contribution in [0.3, 0.4) is 0 Å². The van der Waals surface area contributed by atoms with Crippen LogP contribution in [0.25, 0.3) is 11.4 Å². The fourth-order valence-corrected chi connectivity index (χ4v) is 4.02. The van der Waals surface area contributed by atoms with Crippen LogP contribution in [0.2, 0.25) is 0 Å². The van der Waals surface area contributed by atoms with E-state index in [-0.39, 0.29) is 18.1 Å². The first-order valence-electron chi connectivity index (χ1n) is 9.72. The molecule has 0 N–H and O–H groups in total. The maximum absolute atomic E-state index is 13.4. The van der Waals surface area contributed by atoms with Crippen LogP contribution in [0.1, 0.15) is 49.3 Å². The van der Waals surface area contributed by atoms with Crippen molar-refractivity contribution in [3.63, 3.8) is 0 Å². The lowest BCUT2D eigenvalue weighted by atomic mass is 10.1. The van der Waals surface area contributed by atoms with Crippen molar-refractivity contribution < 1.29 is 9.53 Å². The Morgan fingerprint density at radius 2 is 1.96 bits per heavy atom. The van der Waals surface area contributed by atoms with Crippen LogP contribution in [0, 0.1) is 0 Å². The summed E-state index contributed by atoms with van der Waals surface area (Å²) >= 11 is 0. The molecule has 26 heavy (non-hydrogen) atoms. The van der Waals surface area contributed by atoms with E-state index in [4.69, 9.17) is 9.72 Å². The number of rotatable bonds is 2. The molecule has 2 unspecified atom stereocenters. The third-order valence-corrected chi connectivity index (χ3v) is 5.47. The summed E-state index contributed by atoms with van der Waals surface area (Å²) in [4.78, 5) is 20.2. The Kier molecular flexibility index (Phi) is 4.81. The van der Waals surface area contributed by atoms with E-state index in [0.29, 0.717) is 18.8 Å². The summed E-state index contributed by atoms with van der Waals surface area (Å²) in [6.07, 6.45) is 4.46. The lowest BCUT2D eigenvalue weighted by molar-refractivity contribution is -0.0389. The fourth-order valence-electron chi connectivity index (χ4n) is 4.02. The normalized spacial score (nSPS) is 23.4. The van der Waals surface area contributed by atoms with Crippen molar-refractivity contribution in [2.24, 2.45) is 0 Å². The molecule has 2 atom stereocenters. The van der Waals surface area contributed by atoms with E-state index in [1.54, 1.807) is 0 Å². The highest BCUT2D eigenvalue weighted by Gasteiger charge is 2.32. The highest BCUT2D eigenvalue weighted by atomic mass is 16.5.